The molecule has 0 unspecified atom stereocenters. The maximum Gasteiger partial charge on any atom is 0.343 e. The fourth-order valence-corrected chi connectivity index (χ4v) is 2.52. The molecule has 0 bridgehead atoms. The lowest BCUT2D eigenvalue weighted by atomic mass is 10.0. The van der Waals surface area contributed by atoms with Gasteiger partial charge in [0, 0.05) is 0 Å². The zero-order valence-electron chi connectivity index (χ0n) is 12.3. The van der Waals surface area contributed by atoms with E-state index in [4.69, 9.17) is 4.42 Å². The van der Waals surface area contributed by atoms with E-state index >= 15 is 0 Å². The van der Waals surface area contributed by atoms with Crippen LogP contribution < -0.4 is 5.63 Å². The zero-order valence-corrected chi connectivity index (χ0v) is 12.3. The summed E-state index contributed by atoms with van der Waals surface area (Å²) in [6, 6.07) is 16.0. The second-order valence-corrected chi connectivity index (χ2v) is 5.13. The number of hydrogen-bond donors (Lipinski definition) is 2. The van der Waals surface area contributed by atoms with Crippen molar-refractivity contribution in [2.24, 2.45) is 5.16 Å². The molecule has 0 fully saturated rings. The number of rotatable bonds is 4. The second kappa shape index (κ2) is 6.36. The predicted molar refractivity (Wildman–Crippen MR) is 87.2 cm³/mol. The molecule has 23 heavy (non-hydrogen) atoms. The molecule has 1 aromatic heterocycles. The van der Waals surface area contributed by atoms with Crippen molar-refractivity contribution in [1.29, 1.82) is 0 Å². The van der Waals surface area contributed by atoms with Gasteiger partial charge in [-0.3, -0.25) is 0 Å². The highest BCUT2D eigenvalue weighted by Crippen LogP contribution is 2.26. The summed E-state index contributed by atoms with van der Waals surface area (Å²) in [5.74, 6) is -0.0813. The molecule has 0 spiro atoms. The molecule has 0 atom stereocenters. The standard InChI is InChI=1S/C18H15NO4/c20-17-13-8-4-5-9-16(13)23-18(21)14(17)10-11-15(19-22)12-6-2-1-3-7-12/h1-9,20,22H,10-11H2/b19-15-. The van der Waals surface area contributed by atoms with Crippen LogP contribution in [0.5, 0.6) is 5.75 Å². The highest BCUT2D eigenvalue weighted by atomic mass is 16.4. The van der Waals surface area contributed by atoms with Gasteiger partial charge in [0.1, 0.15) is 11.3 Å². The monoisotopic (exact) mass is 309 g/mol. The van der Waals surface area contributed by atoms with Crippen molar-refractivity contribution in [1.82, 2.24) is 0 Å². The first-order chi connectivity index (χ1) is 11.2. The van der Waals surface area contributed by atoms with E-state index < -0.39 is 5.63 Å². The third-order valence-corrected chi connectivity index (χ3v) is 3.72. The first kappa shape index (κ1) is 14.8. The van der Waals surface area contributed by atoms with Crippen molar-refractivity contribution in [2.75, 3.05) is 0 Å². The van der Waals surface area contributed by atoms with E-state index in [1.807, 2.05) is 30.3 Å². The van der Waals surface area contributed by atoms with E-state index in [0.29, 0.717) is 23.1 Å². The molecule has 5 nitrogen and oxygen atoms in total. The van der Waals surface area contributed by atoms with Crippen LogP contribution in [0.25, 0.3) is 11.0 Å². The van der Waals surface area contributed by atoms with Crippen LogP contribution in [0.1, 0.15) is 17.5 Å². The van der Waals surface area contributed by atoms with Gasteiger partial charge in [-0.2, -0.15) is 0 Å². The van der Waals surface area contributed by atoms with Gasteiger partial charge in [-0.25, -0.2) is 4.79 Å². The van der Waals surface area contributed by atoms with Gasteiger partial charge >= 0.3 is 5.63 Å². The quantitative estimate of drug-likeness (QED) is 0.335. The maximum absolute atomic E-state index is 12.1. The number of para-hydroxylation sites is 1. The van der Waals surface area contributed by atoms with Crippen molar-refractivity contribution < 1.29 is 14.7 Å². The number of fused-ring (bicyclic) bond motifs is 1. The van der Waals surface area contributed by atoms with Gasteiger partial charge < -0.3 is 14.7 Å². The van der Waals surface area contributed by atoms with Crippen LogP contribution in [0.3, 0.4) is 0 Å². The highest BCUT2D eigenvalue weighted by molar-refractivity contribution is 6.00. The molecule has 0 aliphatic rings. The smallest absolute Gasteiger partial charge is 0.343 e. The van der Waals surface area contributed by atoms with E-state index in [1.165, 1.54) is 0 Å². The fraction of sp³-hybridized carbons (Fsp3) is 0.111. The van der Waals surface area contributed by atoms with E-state index in [1.54, 1.807) is 24.3 Å². The van der Waals surface area contributed by atoms with Crippen LogP contribution in [-0.4, -0.2) is 16.0 Å². The Hall–Kier alpha value is -3.08. The molecule has 5 heteroatoms. The highest BCUT2D eigenvalue weighted by Gasteiger charge is 2.15. The number of nitrogens with zero attached hydrogens (tertiary/aromatic N) is 1. The van der Waals surface area contributed by atoms with Crippen LogP contribution in [0, 0.1) is 0 Å². The van der Waals surface area contributed by atoms with Gasteiger partial charge in [-0.05, 0) is 30.5 Å². The molecule has 0 amide bonds. The Balaban J connectivity index is 1.92. The molecular weight excluding hydrogens is 294 g/mol. The van der Waals surface area contributed by atoms with Gasteiger partial charge in [-0.1, -0.05) is 47.6 Å². The van der Waals surface area contributed by atoms with Crippen molar-refractivity contribution >= 4 is 16.7 Å². The largest absolute Gasteiger partial charge is 0.507 e. The fourth-order valence-electron chi connectivity index (χ4n) is 2.52. The third-order valence-electron chi connectivity index (χ3n) is 3.72. The first-order valence-electron chi connectivity index (χ1n) is 7.20. The SMILES string of the molecule is O=c1oc2ccccc2c(O)c1CC/C(=N/O)c1ccccc1. The zero-order chi connectivity index (χ0) is 16.2. The summed E-state index contributed by atoms with van der Waals surface area (Å²) < 4.78 is 5.23. The van der Waals surface area contributed by atoms with Crippen LogP contribution >= 0.6 is 0 Å². The molecule has 0 saturated carbocycles. The second-order valence-electron chi connectivity index (χ2n) is 5.13. The Morgan fingerprint density at radius 1 is 1.04 bits per heavy atom. The summed E-state index contributed by atoms with van der Waals surface area (Å²) in [6.45, 7) is 0. The minimum absolute atomic E-state index is 0.0813. The molecule has 116 valence electrons. The van der Waals surface area contributed by atoms with Crippen LogP contribution in [-0.2, 0) is 6.42 Å². The number of aromatic hydroxyl groups is 1. The molecule has 2 N–H and O–H groups in total. The van der Waals surface area contributed by atoms with Crippen molar-refractivity contribution in [3.63, 3.8) is 0 Å². The molecule has 0 saturated heterocycles. The Bertz CT molecular complexity index is 913. The lowest BCUT2D eigenvalue weighted by molar-refractivity contribution is 0.318. The van der Waals surface area contributed by atoms with Crippen molar-refractivity contribution in [3.8, 4) is 5.75 Å². The predicted octanol–water partition coefficient (Wildman–Crippen LogP) is 3.31. The van der Waals surface area contributed by atoms with Gasteiger partial charge in [-0.15, -0.1) is 0 Å². The lowest BCUT2D eigenvalue weighted by Crippen LogP contribution is -2.11. The molecule has 1 heterocycles. The summed E-state index contributed by atoms with van der Waals surface area (Å²) >= 11 is 0. The average molecular weight is 309 g/mol. The molecule has 3 aromatic rings. The lowest BCUT2D eigenvalue weighted by Gasteiger charge is -2.07. The van der Waals surface area contributed by atoms with Gasteiger partial charge in [0.15, 0.2) is 0 Å². The molecule has 0 aliphatic carbocycles. The van der Waals surface area contributed by atoms with Crippen molar-refractivity contribution in [2.45, 2.75) is 12.8 Å². The van der Waals surface area contributed by atoms with Gasteiger partial charge in [0.05, 0.1) is 16.7 Å². The molecule has 2 aromatic carbocycles. The Kier molecular flexibility index (Phi) is 4.10. The number of hydrogen-bond acceptors (Lipinski definition) is 5. The minimum atomic E-state index is -0.577. The topological polar surface area (TPSA) is 83.0 Å². The summed E-state index contributed by atoms with van der Waals surface area (Å²) in [5.41, 5.74) is 1.16. The van der Waals surface area contributed by atoms with E-state index in [0.717, 1.165) is 5.56 Å². The average Bonchev–Trinajstić information content (AvgIpc) is 2.59. The van der Waals surface area contributed by atoms with E-state index in [2.05, 4.69) is 5.16 Å². The van der Waals surface area contributed by atoms with E-state index in [-0.39, 0.29) is 17.7 Å². The Morgan fingerprint density at radius 2 is 1.74 bits per heavy atom. The van der Waals surface area contributed by atoms with Crippen LogP contribution in [0.15, 0.2) is 69.0 Å². The summed E-state index contributed by atoms with van der Waals surface area (Å²) in [4.78, 5) is 12.1. The van der Waals surface area contributed by atoms with Crippen LogP contribution in [0.4, 0.5) is 0 Å². The van der Waals surface area contributed by atoms with E-state index in [9.17, 15) is 15.1 Å². The molecule has 0 radical (unpaired) electrons. The summed E-state index contributed by atoms with van der Waals surface area (Å²) in [5, 5.41) is 23.3. The van der Waals surface area contributed by atoms with Gasteiger partial charge in [0.25, 0.3) is 0 Å². The summed E-state index contributed by atoms with van der Waals surface area (Å²) in [7, 11) is 0. The van der Waals surface area contributed by atoms with Crippen LogP contribution in [0.2, 0.25) is 0 Å². The third kappa shape index (κ3) is 2.94. The molecule has 3 rings (SSSR count). The van der Waals surface area contributed by atoms with Gasteiger partial charge in [0.2, 0.25) is 0 Å². The molecular formula is C18H15NO4. The summed E-state index contributed by atoms with van der Waals surface area (Å²) in [6.07, 6.45) is 0.518. The molecule has 0 aliphatic heterocycles. The number of benzene rings is 2. The maximum atomic E-state index is 12.1. The minimum Gasteiger partial charge on any atom is -0.507 e. The Morgan fingerprint density at radius 3 is 2.48 bits per heavy atom. The number of oxime groups is 1. The Labute approximate surface area is 132 Å². The van der Waals surface area contributed by atoms with Crippen molar-refractivity contribution in [3.05, 3.63) is 76.1 Å². The first-order valence-corrected chi connectivity index (χ1v) is 7.20. The normalized spacial score (nSPS) is 11.7.